The Balaban J connectivity index is 1.82. The lowest BCUT2D eigenvalue weighted by molar-refractivity contribution is -0.138. The molecule has 5 heteroatoms. The van der Waals surface area contributed by atoms with Crippen LogP contribution in [0, 0.1) is 17.3 Å². The van der Waals surface area contributed by atoms with Gasteiger partial charge in [-0.05, 0) is 43.4 Å². The second kappa shape index (κ2) is 10.6. The Bertz CT molecular complexity index is 487. The van der Waals surface area contributed by atoms with Crippen molar-refractivity contribution in [3.63, 3.8) is 0 Å². The third-order valence-corrected chi connectivity index (χ3v) is 6.26. The molecular weight excluding hydrogens is 344 g/mol. The molecule has 5 nitrogen and oxygen atoms in total. The molecule has 156 valence electrons. The van der Waals surface area contributed by atoms with Crippen molar-refractivity contribution in [3.8, 4) is 0 Å². The first kappa shape index (κ1) is 22.4. The van der Waals surface area contributed by atoms with Gasteiger partial charge >= 0.3 is 5.97 Å². The Morgan fingerprint density at radius 1 is 1.26 bits per heavy atom. The van der Waals surface area contributed by atoms with Crippen LogP contribution in [0.15, 0.2) is 12.2 Å². The normalized spacial score (nSPS) is 28.9. The predicted octanol–water partition coefficient (Wildman–Crippen LogP) is 4.19. The van der Waals surface area contributed by atoms with Crippen LogP contribution in [0.2, 0.25) is 0 Å². The molecular formula is C22H38O5. The molecule has 1 unspecified atom stereocenters. The van der Waals surface area contributed by atoms with Crippen molar-refractivity contribution in [2.75, 3.05) is 13.2 Å². The summed E-state index contributed by atoms with van der Waals surface area (Å²) in [5.74, 6) is 0.0375. The standard InChI is InChI=1S/C22H38O5/c1-4-5-13-22(2,3)20(23)11-8-17-16(18-9-10-19(17)27-18)7-6-14-26-15-12-21(24)25/h8,11,16-20,23H,4-7,9-10,12-15H2,1-3H3,(H,24,25)/t16-,17+,18-,19+,20?/m1/s1. The molecule has 2 N–H and O–H groups in total. The van der Waals surface area contributed by atoms with Gasteiger partial charge in [-0.3, -0.25) is 4.79 Å². The van der Waals surface area contributed by atoms with Crippen molar-refractivity contribution in [2.24, 2.45) is 17.3 Å². The van der Waals surface area contributed by atoms with Crippen LogP contribution >= 0.6 is 0 Å². The lowest BCUT2D eigenvalue weighted by atomic mass is 9.75. The summed E-state index contributed by atoms with van der Waals surface area (Å²) in [6.07, 6.45) is 12.0. The van der Waals surface area contributed by atoms with Crippen molar-refractivity contribution in [1.82, 2.24) is 0 Å². The van der Waals surface area contributed by atoms with E-state index >= 15 is 0 Å². The van der Waals surface area contributed by atoms with Gasteiger partial charge in [-0.1, -0.05) is 45.8 Å². The molecule has 2 rings (SSSR count). The molecule has 2 heterocycles. The maximum atomic E-state index is 10.6. The number of aliphatic hydroxyl groups excluding tert-OH is 1. The van der Waals surface area contributed by atoms with Gasteiger partial charge in [-0.2, -0.15) is 0 Å². The van der Waals surface area contributed by atoms with Gasteiger partial charge < -0.3 is 19.7 Å². The van der Waals surface area contributed by atoms with Gasteiger partial charge in [-0.15, -0.1) is 0 Å². The molecule has 0 saturated carbocycles. The largest absolute Gasteiger partial charge is 0.481 e. The minimum Gasteiger partial charge on any atom is -0.481 e. The molecule has 2 bridgehead atoms. The highest BCUT2D eigenvalue weighted by atomic mass is 16.5. The maximum absolute atomic E-state index is 10.6. The Kier molecular flexibility index (Phi) is 8.77. The summed E-state index contributed by atoms with van der Waals surface area (Å²) in [7, 11) is 0. The number of ether oxygens (including phenoxy) is 2. The molecule has 27 heavy (non-hydrogen) atoms. The fraction of sp³-hybridized carbons (Fsp3) is 0.864. The Morgan fingerprint density at radius 2 is 2.00 bits per heavy atom. The van der Waals surface area contributed by atoms with E-state index in [1.165, 1.54) is 0 Å². The van der Waals surface area contributed by atoms with Crippen LogP contribution < -0.4 is 0 Å². The van der Waals surface area contributed by atoms with E-state index in [1.54, 1.807) is 0 Å². The lowest BCUT2D eigenvalue weighted by Crippen LogP contribution is -2.29. The van der Waals surface area contributed by atoms with E-state index in [-0.39, 0.29) is 24.5 Å². The number of hydrogen-bond acceptors (Lipinski definition) is 4. The monoisotopic (exact) mass is 382 g/mol. The third kappa shape index (κ3) is 6.58. The molecule has 0 spiro atoms. The Morgan fingerprint density at radius 3 is 2.70 bits per heavy atom. The average molecular weight is 383 g/mol. The van der Waals surface area contributed by atoms with Crippen molar-refractivity contribution >= 4 is 5.97 Å². The number of carbonyl (C=O) groups is 1. The summed E-state index contributed by atoms with van der Waals surface area (Å²) < 4.78 is 11.6. The summed E-state index contributed by atoms with van der Waals surface area (Å²) in [5.41, 5.74) is -0.0987. The molecule has 0 aromatic heterocycles. The molecule has 2 fully saturated rings. The highest BCUT2D eigenvalue weighted by Crippen LogP contribution is 2.46. The first-order valence-electron chi connectivity index (χ1n) is 10.7. The minimum atomic E-state index is -0.817. The van der Waals surface area contributed by atoms with E-state index in [0.717, 1.165) is 44.9 Å². The summed E-state index contributed by atoms with van der Waals surface area (Å²) >= 11 is 0. The van der Waals surface area contributed by atoms with E-state index in [0.29, 0.717) is 24.5 Å². The van der Waals surface area contributed by atoms with Gasteiger partial charge in [0.15, 0.2) is 0 Å². The highest BCUT2D eigenvalue weighted by Gasteiger charge is 2.47. The van der Waals surface area contributed by atoms with Crippen LogP contribution in [-0.2, 0) is 14.3 Å². The zero-order chi connectivity index (χ0) is 19.9. The molecule has 0 aromatic rings. The Labute approximate surface area is 164 Å². The Hall–Kier alpha value is -0.910. The summed E-state index contributed by atoms with van der Waals surface area (Å²) in [4.78, 5) is 10.5. The van der Waals surface area contributed by atoms with E-state index in [9.17, 15) is 9.90 Å². The number of unbranched alkanes of at least 4 members (excludes halogenated alkanes) is 1. The van der Waals surface area contributed by atoms with E-state index < -0.39 is 12.1 Å². The molecule has 0 radical (unpaired) electrons. The molecule has 2 aliphatic rings. The quantitative estimate of drug-likeness (QED) is 0.369. The number of aliphatic carboxylic acids is 1. The second-order valence-electron chi connectivity index (χ2n) is 8.85. The van der Waals surface area contributed by atoms with Gasteiger partial charge in [0.25, 0.3) is 0 Å². The van der Waals surface area contributed by atoms with Crippen molar-refractivity contribution in [2.45, 2.75) is 90.4 Å². The number of aliphatic hydroxyl groups is 1. The smallest absolute Gasteiger partial charge is 0.305 e. The fourth-order valence-electron chi connectivity index (χ4n) is 4.41. The molecule has 0 aromatic carbocycles. The van der Waals surface area contributed by atoms with Gasteiger partial charge in [0.05, 0.1) is 31.3 Å². The van der Waals surface area contributed by atoms with Crippen LogP contribution in [0.25, 0.3) is 0 Å². The van der Waals surface area contributed by atoms with Crippen LogP contribution in [-0.4, -0.2) is 47.7 Å². The third-order valence-electron chi connectivity index (χ3n) is 6.26. The van der Waals surface area contributed by atoms with Crippen LogP contribution in [0.1, 0.15) is 72.1 Å². The van der Waals surface area contributed by atoms with Crippen LogP contribution in [0.5, 0.6) is 0 Å². The maximum Gasteiger partial charge on any atom is 0.305 e. The molecule has 0 aliphatic carbocycles. The number of hydrogen-bond donors (Lipinski definition) is 2. The number of rotatable bonds is 13. The molecule has 0 amide bonds. The van der Waals surface area contributed by atoms with Gasteiger partial charge in [0.1, 0.15) is 0 Å². The fourth-order valence-corrected chi connectivity index (χ4v) is 4.41. The second-order valence-corrected chi connectivity index (χ2v) is 8.85. The van der Waals surface area contributed by atoms with Gasteiger partial charge in [0, 0.05) is 12.5 Å². The molecule has 2 saturated heterocycles. The summed E-state index contributed by atoms with van der Waals surface area (Å²) in [6, 6.07) is 0. The van der Waals surface area contributed by atoms with E-state index in [2.05, 4.69) is 26.8 Å². The number of carboxylic acid groups (broad SMARTS) is 1. The van der Waals surface area contributed by atoms with Crippen molar-refractivity contribution in [3.05, 3.63) is 12.2 Å². The topological polar surface area (TPSA) is 76.0 Å². The van der Waals surface area contributed by atoms with E-state index in [4.69, 9.17) is 14.6 Å². The molecule has 2 aliphatic heterocycles. The first-order chi connectivity index (χ1) is 12.8. The zero-order valence-corrected chi connectivity index (χ0v) is 17.2. The van der Waals surface area contributed by atoms with Gasteiger partial charge in [0.2, 0.25) is 0 Å². The summed E-state index contributed by atoms with van der Waals surface area (Å²) in [6.45, 7) is 7.35. The summed E-state index contributed by atoms with van der Waals surface area (Å²) in [5, 5.41) is 19.3. The van der Waals surface area contributed by atoms with Crippen LogP contribution in [0.4, 0.5) is 0 Å². The predicted molar refractivity (Wildman–Crippen MR) is 106 cm³/mol. The lowest BCUT2D eigenvalue weighted by Gasteiger charge is -2.30. The number of fused-ring (bicyclic) bond motifs is 2. The highest BCUT2D eigenvalue weighted by molar-refractivity contribution is 5.66. The van der Waals surface area contributed by atoms with Gasteiger partial charge in [-0.25, -0.2) is 0 Å². The van der Waals surface area contributed by atoms with Crippen LogP contribution in [0.3, 0.4) is 0 Å². The zero-order valence-electron chi connectivity index (χ0n) is 17.2. The minimum absolute atomic E-state index is 0.0638. The first-order valence-corrected chi connectivity index (χ1v) is 10.7. The SMILES string of the molecule is CCCCC(C)(C)C(O)C=C[C@H]1[C@@H](CCCOCCC(=O)O)[C@H]2CC[C@@H]1O2. The van der Waals surface area contributed by atoms with Crippen molar-refractivity contribution in [1.29, 1.82) is 0 Å². The van der Waals surface area contributed by atoms with Crippen molar-refractivity contribution < 1.29 is 24.5 Å². The average Bonchev–Trinajstić information content (AvgIpc) is 3.22. The number of carboxylic acids is 1. The molecule has 5 atom stereocenters. The van der Waals surface area contributed by atoms with E-state index in [1.807, 2.05) is 6.08 Å².